The molecule has 0 fully saturated rings. The predicted molar refractivity (Wildman–Crippen MR) is 32.5 cm³/mol. The minimum absolute atomic E-state index is 0.681. The maximum absolute atomic E-state index is 3.79. The zero-order valence-corrected chi connectivity index (χ0v) is 5.53. The SMILES string of the molecule is Ic1nccnn1. The molecule has 0 saturated carbocycles. The van der Waals surface area contributed by atoms with Gasteiger partial charge in [0.05, 0.1) is 12.4 Å². The summed E-state index contributed by atoms with van der Waals surface area (Å²) in [7, 11) is 0. The van der Waals surface area contributed by atoms with Crippen LogP contribution < -0.4 is 0 Å². The number of hydrogen-bond acceptors (Lipinski definition) is 3. The Bertz CT molecular complexity index is 140. The van der Waals surface area contributed by atoms with Crippen molar-refractivity contribution in [1.29, 1.82) is 0 Å². The Morgan fingerprint density at radius 3 is 2.57 bits per heavy atom. The number of hydrogen-bond donors (Lipinski definition) is 0. The largest absolute Gasteiger partial charge is 0.228 e. The van der Waals surface area contributed by atoms with Gasteiger partial charge in [-0.15, -0.1) is 5.10 Å². The maximum atomic E-state index is 3.79. The predicted octanol–water partition coefficient (Wildman–Crippen LogP) is 0.476. The number of aromatic nitrogens is 3. The topological polar surface area (TPSA) is 38.7 Å². The van der Waals surface area contributed by atoms with Crippen LogP contribution >= 0.6 is 22.6 Å². The Labute approximate surface area is 54.3 Å². The average Bonchev–Trinajstić information content (AvgIpc) is 1.69. The molecule has 0 radical (unpaired) electrons. The van der Waals surface area contributed by atoms with Crippen LogP contribution in [0, 0.1) is 3.83 Å². The van der Waals surface area contributed by atoms with Crippen LogP contribution in [0.5, 0.6) is 0 Å². The van der Waals surface area contributed by atoms with E-state index in [1.807, 2.05) is 22.6 Å². The van der Waals surface area contributed by atoms with E-state index in [4.69, 9.17) is 0 Å². The molecule has 0 bridgehead atoms. The van der Waals surface area contributed by atoms with Gasteiger partial charge in [0.15, 0.2) is 0 Å². The summed E-state index contributed by atoms with van der Waals surface area (Å²) in [5.41, 5.74) is 0. The van der Waals surface area contributed by atoms with Gasteiger partial charge in [-0.05, 0) is 0 Å². The monoisotopic (exact) mass is 207 g/mol. The highest BCUT2D eigenvalue weighted by Gasteiger charge is 1.79. The zero-order valence-electron chi connectivity index (χ0n) is 3.37. The molecule has 4 heteroatoms. The summed E-state index contributed by atoms with van der Waals surface area (Å²) < 4.78 is 0.681. The molecule has 36 valence electrons. The van der Waals surface area contributed by atoms with E-state index in [9.17, 15) is 0 Å². The van der Waals surface area contributed by atoms with Crippen molar-refractivity contribution >= 4 is 22.6 Å². The lowest BCUT2D eigenvalue weighted by Crippen LogP contribution is -1.85. The molecule has 0 amide bonds. The second-order valence-corrected chi connectivity index (χ2v) is 1.88. The van der Waals surface area contributed by atoms with Gasteiger partial charge in [-0.3, -0.25) is 0 Å². The Hall–Kier alpha value is -0.260. The van der Waals surface area contributed by atoms with Crippen LogP contribution in [0.25, 0.3) is 0 Å². The van der Waals surface area contributed by atoms with Gasteiger partial charge < -0.3 is 0 Å². The average molecular weight is 207 g/mol. The van der Waals surface area contributed by atoms with Crippen LogP contribution in [0.1, 0.15) is 0 Å². The summed E-state index contributed by atoms with van der Waals surface area (Å²) in [5, 5.41) is 7.17. The van der Waals surface area contributed by atoms with Crippen LogP contribution in [0.4, 0.5) is 0 Å². The van der Waals surface area contributed by atoms with Gasteiger partial charge in [-0.1, -0.05) is 0 Å². The number of nitrogens with zero attached hydrogens (tertiary/aromatic N) is 3. The Morgan fingerprint density at radius 2 is 2.29 bits per heavy atom. The van der Waals surface area contributed by atoms with Crippen LogP contribution in [0.3, 0.4) is 0 Å². The van der Waals surface area contributed by atoms with Gasteiger partial charge in [0, 0.05) is 22.6 Å². The van der Waals surface area contributed by atoms with E-state index in [1.54, 1.807) is 12.4 Å². The zero-order chi connectivity index (χ0) is 5.11. The van der Waals surface area contributed by atoms with Crippen molar-refractivity contribution in [1.82, 2.24) is 15.2 Å². The van der Waals surface area contributed by atoms with E-state index in [1.165, 1.54) is 0 Å². The van der Waals surface area contributed by atoms with Gasteiger partial charge in [0.25, 0.3) is 0 Å². The third kappa shape index (κ3) is 1.34. The molecule has 1 rings (SSSR count). The third-order valence-corrected chi connectivity index (χ3v) is 0.949. The normalized spacial score (nSPS) is 8.71. The first-order valence-corrected chi connectivity index (χ1v) is 2.76. The molecule has 0 unspecified atom stereocenters. The fraction of sp³-hybridized carbons (Fsp3) is 0. The van der Waals surface area contributed by atoms with Crippen LogP contribution in [-0.2, 0) is 0 Å². The molecule has 0 atom stereocenters. The summed E-state index contributed by atoms with van der Waals surface area (Å²) in [6.45, 7) is 0. The minimum Gasteiger partial charge on any atom is -0.228 e. The molecule has 7 heavy (non-hydrogen) atoms. The lowest BCUT2D eigenvalue weighted by molar-refractivity contribution is 0.930. The summed E-state index contributed by atoms with van der Waals surface area (Å²) in [5.74, 6) is 0. The number of rotatable bonds is 0. The fourth-order valence-electron chi connectivity index (χ4n) is 0.231. The lowest BCUT2D eigenvalue weighted by Gasteiger charge is -1.78. The van der Waals surface area contributed by atoms with E-state index in [2.05, 4.69) is 15.2 Å². The molecule has 1 heterocycles. The lowest BCUT2D eigenvalue weighted by atomic mass is 10.9. The Morgan fingerprint density at radius 1 is 1.43 bits per heavy atom. The van der Waals surface area contributed by atoms with Crippen molar-refractivity contribution < 1.29 is 0 Å². The molecule has 0 aliphatic heterocycles. The summed E-state index contributed by atoms with van der Waals surface area (Å²) >= 11 is 2.00. The van der Waals surface area contributed by atoms with Crippen molar-refractivity contribution in [2.75, 3.05) is 0 Å². The van der Waals surface area contributed by atoms with Crippen molar-refractivity contribution in [2.45, 2.75) is 0 Å². The van der Waals surface area contributed by atoms with Gasteiger partial charge >= 0.3 is 0 Å². The first-order chi connectivity index (χ1) is 3.39. The second-order valence-electron chi connectivity index (χ2n) is 0.912. The molecule has 1 aromatic heterocycles. The van der Waals surface area contributed by atoms with E-state index < -0.39 is 0 Å². The molecule has 0 aliphatic carbocycles. The molecular weight excluding hydrogens is 205 g/mol. The minimum atomic E-state index is 0.681. The quantitative estimate of drug-likeness (QED) is 0.580. The molecule has 0 N–H and O–H groups in total. The first-order valence-electron chi connectivity index (χ1n) is 1.69. The van der Waals surface area contributed by atoms with E-state index in [0.717, 1.165) is 0 Å². The van der Waals surface area contributed by atoms with E-state index in [0.29, 0.717) is 3.83 Å². The van der Waals surface area contributed by atoms with Crippen LogP contribution in [-0.4, -0.2) is 15.2 Å². The summed E-state index contributed by atoms with van der Waals surface area (Å²) in [6, 6.07) is 0. The van der Waals surface area contributed by atoms with Crippen LogP contribution in [0.15, 0.2) is 12.4 Å². The summed E-state index contributed by atoms with van der Waals surface area (Å²) in [4.78, 5) is 3.79. The number of halogens is 1. The Balaban J connectivity index is 3.02. The van der Waals surface area contributed by atoms with Crippen molar-refractivity contribution in [3.8, 4) is 0 Å². The highest BCUT2D eigenvalue weighted by Crippen LogP contribution is 1.86. The Kier molecular flexibility index (Phi) is 1.50. The van der Waals surface area contributed by atoms with Gasteiger partial charge in [-0.2, -0.15) is 5.10 Å². The van der Waals surface area contributed by atoms with Gasteiger partial charge in [-0.25, -0.2) is 4.98 Å². The molecule has 0 aliphatic rings. The maximum Gasteiger partial charge on any atom is 0.212 e. The highest BCUT2D eigenvalue weighted by atomic mass is 127. The summed E-state index contributed by atoms with van der Waals surface area (Å²) in [6.07, 6.45) is 3.15. The van der Waals surface area contributed by atoms with Gasteiger partial charge in [0.1, 0.15) is 0 Å². The molecule has 0 spiro atoms. The molecule has 0 saturated heterocycles. The van der Waals surface area contributed by atoms with Crippen molar-refractivity contribution in [3.63, 3.8) is 0 Å². The molecular formula is C3H2IN3. The first kappa shape index (κ1) is 4.89. The van der Waals surface area contributed by atoms with Gasteiger partial charge in [0.2, 0.25) is 3.83 Å². The van der Waals surface area contributed by atoms with Crippen LogP contribution in [0.2, 0.25) is 0 Å². The molecule has 3 nitrogen and oxygen atoms in total. The molecule has 1 aromatic rings. The highest BCUT2D eigenvalue weighted by molar-refractivity contribution is 14.1. The third-order valence-electron chi connectivity index (χ3n) is 0.455. The van der Waals surface area contributed by atoms with Crippen molar-refractivity contribution in [2.24, 2.45) is 0 Å². The second kappa shape index (κ2) is 2.15. The molecule has 0 aromatic carbocycles. The van der Waals surface area contributed by atoms with Crippen molar-refractivity contribution in [3.05, 3.63) is 16.2 Å². The standard InChI is InChI=1S/C3H2IN3/c4-3-5-1-2-6-7-3/h1-2H. The smallest absolute Gasteiger partial charge is 0.212 e. The van der Waals surface area contributed by atoms with E-state index in [-0.39, 0.29) is 0 Å². The van der Waals surface area contributed by atoms with E-state index >= 15 is 0 Å². The fourth-order valence-corrected chi connectivity index (χ4v) is 0.517.